The average Bonchev–Trinajstić information content (AvgIpc) is 2.38. The average molecular weight is 287 g/mol. The molecule has 108 valence electrons. The molecule has 0 fully saturated rings. The fraction of sp³-hybridized carbons (Fsp3) is 0.583. The SMILES string of the molecule is CCNc1cc(S(=O)(=O)NCC(C)(C)OC)ccn1. The van der Waals surface area contributed by atoms with E-state index in [1.54, 1.807) is 7.11 Å². The zero-order valence-corrected chi connectivity index (χ0v) is 12.5. The third kappa shape index (κ3) is 4.77. The summed E-state index contributed by atoms with van der Waals surface area (Å²) in [5.74, 6) is 0.538. The molecule has 6 nitrogen and oxygen atoms in total. The lowest BCUT2D eigenvalue weighted by Crippen LogP contribution is -2.39. The summed E-state index contributed by atoms with van der Waals surface area (Å²) in [6.45, 7) is 6.42. The minimum absolute atomic E-state index is 0.186. The molecule has 0 aliphatic rings. The summed E-state index contributed by atoms with van der Waals surface area (Å²) in [5, 5.41) is 2.98. The van der Waals surface area contributed by atoms with Crippen molar-refractivity contribution in [3.63, 3.8) is 0 Å². The second-order valence-electron chi connectivity index (χ2n) is 4.70. The van der Waals surface area contributed by atoms with Crippen LogP contribution < -0.4 is 10.0 Å². The Balaban J connectivity index is 2.85. The van der Waals surface area contributed by atoms with Gasteiger partial charge in [0.05, 0.1) is 10.5 Å². The Bertz CT molecular complexity index is 515. The van der Waals surface area contributed by atoms with Crippen LogP contribution in [0.25, 0.3) is 0 Å². The van der Waals surface area contributed by atoms with E-state index < -0.39 is 15.6 Å². The Hall–Kier alpha value is -1.18. The van der Waals surface area contributed by atoms with Crippen LogP contribution >= 0.6 is 0 Å². The van der Waals surface area contributed by atoms with Crippen molar-refractivity contribution in [2.24, 2.45) is 0 Å². The van der Waals surface area contributed by atoms with Gasteiger partial charge in [0.1, 0.15) is 5.82 Å². The number of hydrogen-bond acceptors (Lipinski definition) is 5. The highest BCUT2D eigenvalue weighted by atomic mass is 32.2. The van der Waals surface area contributed by atoms with Gasteiger partial charge < -0.3 is 10.1 Å². The number of methoxy groups -OCH3 is 1. The van der Waals surface area contributed by atoms with Gasteiger partial charge in [0.15, 0.2) is 0 Å². The standard InChI is InChI=1S/C12H21N3O3S/c1-5-13-11-8-10(6-7-14-11)19(16,17)15-9-12(2,3)18-4/h6-8,15H,5,9H2,1-4H3,(H,13,14). The number of rotatable bonds is 7. The smallest absolute Gasteiger partial charge is 0.240 e. The predicted molar refractivity (Wildman–Crippen MR) is 74.7 cm³/mol. The van der Waals surface area contributed by atoms with E-state index in [-0.39, 0.29) is 11.4 Å². The molecular weight excluding hydrogens is 266 g/mol. The molecule has 1 heterocycles. The number of aromatic nitrogens is 1. The number of sulfonamides is 1. The number of ether oxygens (including phenoxy) is 1. The van der Waals surface area contributed by atoms with Crippen LogP contribution in [0.5, 0.6) is 0 Å². The van der Waals surface area contributed by atoms with Gasteiger partial charge in [-0.05, 0) is 26.8 Å². The predicted octanol–water partition coefficient (Wildman–Crippen LogP) is 1.22. The fourth-order valence-corrected chi connectivity index (χ4v) is 2.49. The monoisotopic (exact) mass is 287 g/mol. The van der Waals surface area contributed by atoms with Crippen molar-refractivity contribution in [3.8, 4) is 0 Å². The quantitative estimate of drug-likeness (QED) is 0.788. The lowest BCUT2D eigenvalue weighted by molar-refractivity contribution is 0.0276. The Morgan fingerprint density at radius 2 is 2.11 bits per heavy atom. The van der Waals surface area contributed by atoms with Crippen molar-refractivity contribution >= 4 is 15.8 Å². The molecular formula is C12H21N3O3S. The van der Waals surface area contributed by atoms with Gasteiger partial charge in [-0.15, -0.1) is 0 Å². The Kier molecular flexibility index (Phi) is 5.28. The zero-order chi connectivity index (χ0) is 14.5. The summed E-state index contributed by atoms with van der Waals surface area (Å²) in [6.07, 6.45) is 1.47. The van der Waals surface area contributed by atoms with E-state index in [1.807, 2.05) is 20.8 Å². The first-order valence-corrected chi connectivity index (χ1v) is 7.54. The van der Waals surface area contributed by atoms with Crippen LogP contribution in [0.2, 0.25) is 0 Å². The van der Waals surface area contributed by atoms with Crippen LogP contribution in [-0.2, 0) is 14.8 Å². The van der Waals surface area contributed by atoms with E-state index in [2.05, 4.69) is 15.0 Å². The Morgan fingerprint density at radius 1 is 1.42 bits per heavy atom. The van der Waals surface area contributed by atoms with Gasteiger partial charge in [0, 0.05) is 32.5 Å². The fourth-order valence-electron chi connectivity index (χ4n) is 1.28. The van der Waals surface area contributed by atoms with Gasteiger partial charge >= 0.3 is 0 Å². The summed E-state index contributed by atoms with van der Waals surface area (Å²) in [4.78, 5) is 4.23. The number of hydrogen-bond donors (Lipinski definition) is 2. The largest absolute Gasteiger partial charge is 0.377 e. The molecule has 0 unspecified atom stereocenters. The highest BCUT2D eigenvalue weighted by Gasteiger charge is 2.21. The molecule has 0 bridgehead atoms. The van der Waals surface area contributed by atoms with Gasteiger partial charge in [-0.1, -0.05) is 0 Å². The molecule has 0 atom stereocenters. The van der Waals surface area contributed by atoms with Crippen LogP contribution in [0.3, 0.4) is 0 Å². The van der Waals surface area contributed by atoms with E-state index in [4.69, 9.17) is 4.74 Å². The molecule has 0 amide bonds. The summed E-state index contributed by atoms with van der Waals surface area (Å²) in [5.41, 5.74) is -0.551. The molecule has 0 aliphatic carbocycles. The summed E-state index contributed by atoms with van der Waals surface area (Å²) in [7, 11) is -2.01. The van der Waals surface area contributed by atoms with E-state index in [9.17, 15) is 8.42 Å². The van der Waals surface area contributed by atoms with Crippen molar-refractivity contribution in [1.29, 1.82) is 0 Å². The van der Waals surface area contributed by atoms with E-state index in [0.717, 1.165) is 0 Å². The van der Waals surface area contributed by atoms with E-state index >= 15 is 0 Å². The van der Waals surface area contributed by atoms with E-state index in [1.165, 1.54) is 18.3 Å². The molecule has 0 saturated carbocycles. The summed E-state index contributed by atoms with van der Waals surface area (Å²) in [6, 6.07) is 2.97. The number of anilines is 1. The topological polar surface area (TPSA) is 80.3 Å². The van der Waals surface area contributed by atoms with Crippen LogP contribution in [0.15, 0.2) is 23.2 Å². The second-order valence-corrected chi connectivity index (χ2v) is 6.46. The van der Waals surface area contributed by atoms with Crippen molar-refractivity contribution in [2.45, 2.75) is 31.3 Å². The molecule has 19 heavy (non-hydrogen) atoms. The number of nitrogens with one attached hydrogen (secondary N) is 2. The lowest BCUT2D eigenvalue weighted by Gasteiger charge is -2.23. The third-order valence-corrected chi connectivity index (χ3v) is 4.04. The van der Waals surface area contributed by atoms with Crippen LogP contribution in [-0.4, -0.2) is 39.2 Å². The molecule has 1 aromatic rings. The first-order chi connectivity index (χ1) is 8.80. The van der Waals surface area contributed by atoms with Crippen LogP contribution in [0.4, 0.5) is 5.82 Å². The maximum Gasteiger partial charge on any atom is 0.240 e. The van der Waals surface area contributed by atoms with Gasteiger partial charge in [0.25, 0.3) is 0 Å². The summed E-state index contributed by atoms with van der Waals surface area (Å²) >= 11 is 0. The van der Waals surface area contributed by atoms with Crippen LogP contribution in [0, 0.1) is 0 Å². The Labute approximate surface area is 114 Å². The van der Waals surface area contributed by atoms with Gasteiger partial charge in [-0.2, -0.15) is 0 Å². The maximum absolute atomic E-state index is 12.1. The molecule has 0 aromatic carbocycles. The van der Waals surface area contributed by atoms with Crippen LogP contribution in [0.1, 0.15) is 20.8 Å². The molecule has 0 saturated heterocycles. The molecule has 1 rings (SSSR count). The molecule has 2 N–H and O–H groups in total. The van der Waals surface area contributed by atoms with E-state index in [0.29, 0.717) is 12.4 Å². The molecule has 0 aliphatic heterocycles. The molecule has 7 heteroatoms. The minimum Gasteiger partial charge on any atom is -0.377 e. The van der Waals surface area contributed by atoms with Crippen molar-refractivity contribution in [3.05, 3.63) is 18.3 Å². The van der Waals surface area contributed by atoms with Gasteiger partial charge in [0.2, 0.25) is 10.0 Å². The summed E-state index contributed by atoms with van der Waals surface area (Å²) < 4.78 is 32.0. The first-order valence-electron chi connectivity index (χ1n) is 6.05. The molecule has 0 radical (unpaired) electrons. The first kappa shape index (κ1) is 15.9. The third-order valence-electron chi connectivity index (χ3n) is 2.64. The molecule has 0 spiro atoms. The lowest BCUT2D eigenvalue weighted by atomic mass is 10.1. The van der Waals surface area contributed by atoms with Gasteiger partial charge in [-0.25, -0.2) is 18.1 Å². The van der Waals surface area contributed by atoms with Gasteiger partial charge in [-0.3, -0.25) is 0 Å². The maximum atomic E-state index is 12.1. The highest BCUT2D eigenvalue weighted by Crippen LogP contribution is 2.14. The molecule has 1 aromatic heterocycles. The Morgan fingerprint density at radius 3 is 2.68 bits per heavy atom. The zero-order valence-electron chi connectivity index (χ0n) is 11.7. The van der Waals surface area contributed by atoms with Crippen molar-refractivity contribution < 1.29 is 13.2 Å². The van der Waals surface area contributed by atoms with Crippen molar-refractivity contribution in [2.75, 3.05) is 25.5 Å². The number of nitrogens with zero attached hydrogens (tertiary/aromatic N) is 1. The highest BCUT2D eigenvalue weighted by molar-refractivity contribution is 7.89. The minimum atomic E-state index is -3.55. The second kappa shape index (κ2) is 6.31. The number of pyridine rings is 1. The normalized spacial score (nSPS) is 12.4. The van der Waals surface area contributed by atoms with Crippen molar-refractivity contribution in [1.82, 2.24) is 9.71 Å².